The highest BCUT2D eigenvalue weighted by atomic mass is 79.9. The smallest absolute Gasteiger partial charge is 0.122 e. The predicted octanol–water partition coefficient (Wildman–Crippen LogP) is 5.53. The van der Waals surface area contributed by atoms with Crippen molar-refractivity contribution in [2.24, 2.45) is 0 Å². The van der Waals surface area contributed by atoms with E-state index in [9.17, 15) is 0 Å². The zero-order chi connectivity index (χ0) is 13.4. The van der Waals surface area contributed by atoms with Crippen LogP contribution in [0, 0.1) is 13.8 Å². The van der Waals surface area contributed by atoms with Gasteiger partial charge >= 0.3 is 0 Å². The Morgan fingerprint density at radius 1 is 0.895 bits per heavy atom. The molecule has 1 heterocycles. The number of fused-ring (bicyclic) bond motifs is 1. The van der Waals surface area contributed by atoms with Gasteiger partial charge in [-0.3, -0.25) is 0 Å². The molecule has 0 aliphatic carbocycles. The van der Waals surface area contributed by atoms with E-state index in [4.69, 9.17) is 4.42 Å². The molecule has 0 fully saturated rings. The SMILES string of the molecule is Cc1ccc(C(Br)c2ccc(C)c3ccccc23)o1. The molecule has 0 aliphatic rings. The van der Waals surface area contributed by atoms with Crippen LogP contribution in [0.4, 0.5) is 0 Å². The van der Waals surface area contributed by atoms with E-state index in [1.807, 2.05) is 19.1 Å². The molecule has 19 heavy (non-hydrogen) atoms. The molecular weight excluding hydrogens is 300 g/mol. The molecule has 0 spiro atoms. The van der Waals surface area contributed by atoms with Gasteiger partial charge < -0.3 is 4.42 Å². The molecule has 2 aromatic carbocycles. The molecule has 0 saturated carbocycles. The minimum atomic E-state index is 0.0895. The van der Waals surface area contributed by atoms with E-state index in [1.165, 1.54) is 21.9 Å². The summed E-state index contributed by atoms with van der Waals surface area (Å²) in [5.41, 5.74) is 2.55. The first kappa shape index (κ1) is 12.5. The first-order chi connectivity index (χ1) is 9.16. The van der Waals surface area contributed by atoms with Gasteiger partial charge in [0, 0.05) is 0 Å². The van der Waals surface area contributed by atoms with Crippen molar-refractivity contribution in [3.05, 3.63) is 71.2 Å². The van der Waals surface area contributed by atoms with Crippen LogP contribution in [-0.4, -0.2) is 0 Å². The average molecular weight is 315 g/mol. The van der Waals surface area contributed by atoms with Gasteiger partial charge in [-0.2, -0.15) is 0 Å². The van der Waals surface area contributed by atoms with Crippen molar-refractivity contribution in [2.45, 2.75) is 18.7 Å². The molecule has 3 aromatic rings. The first-order valence-corrected chi connectivity index (χ1v) is 7.27. The molecule has 3 rings (SSSR count). The van der Waals surface area contributed by atoms with Crippen LogP contribution in [0.5, 0.6) is 0 Å². The number of hydrogen-bond donors (Lipinski definition) is 0. The van der Waals surface area contributed by atoms with Crippen LogP contribution in [0.25, 0.3) is 10.8 Å². The van der Waals surface area contributed by atoms with Gasteiger partial charge in [-0.25, -0.2) is 0 Å². The standard InChI is InChI=1S/C17H15BrO/c1-11-7-9-15(14-6-4-3-5-13(11)14)17(18)16-10-8-12(2)19-16/h3-10,17H,1-2H3. The lowest BCUT2D eigenvalue weighted by atomic mass is 9.98. The van der Waals surface area contributed by atoms with Crippen molar-refractivity contribution < 1.29 is 4.42 Å². The Morgan fingerprint density at radius 3 is 2.32 bits per heavy atom. The quantitative estimate of drug-likeness (QED) is 0.566. The highest BCUT2D eigenvalue weighted by Crippen LogP contribution is 2.36. The highest BCUT2D eigenvalue weighted by molar-refractivity contribution is 9.09. The van der Waals surface area contributed by atoms with E-state index in [0.717, 1.165) is 11.5 Å². The van der Waals surface area contributed by atoms with Crippen molar-refractivity contribution in [1.82, 2.24) is 0 Å². The number of benzene rings is 2. The van der Waals surface area contributed by atoms with Crippen LogP contribution in [0.1, 0.15) is 27.5 Å². The van der Waals surface area contributed by atoms with Gasteiger partial charge in [0.1, 0.15) is 11.5 Å². The lowest BCUT2D eigenvalue weighted by molar-refractivity contribution is 0.492. The van der Waals surface area contributed by atoms with Gasteiger partial charge in [0.2, 0.25) is 0 Å². The minimum Gasteiger partial charge on any atom is -0.465 e. The molecular formula is C17H15BrO. The summed E-state index contributed by atoms with van der Waals surface area (Å²) in [6, 6.07) is 16.9. The Balaban J connectivity index is 2.18. The number of rotatable bonds is 2. The third-order valence-corrected chi connectivity index (χ3v) is 4.40. The predicted molar refractivity (Wildman–Crippen MR) is 82.9 cm³/mol. The van der Waals surface area contributed by atoms with Gasteiger partial charge in [0.05, 0.1) is 4.83 Å². The van der Waals surface area contributed by atoms with Crippen molar-refractivity contribution in [3.63, 3.8) is 0 Å². The van der Waals surface area contributed by atoms with Gasteiger partial charge in [0.15, 0.2) is 0 Å². The maximum atomic E-state index is 5.73. The zero-order valence-corrected chi connectivity index (χ0v) is 12.6. The number of alkyl halides is 1. The first-order valence-electron chi connectivity index (χ1n) is 6.35. The van der Waals surface area contributed by atoms with Crippen molar-refractivity contribution in [2.75, 3.05) is 0 Å². The van der Waals surface area contributed by atoms with Crippen LogP contribution < -0.4 is 0 Å². The summed E-state index contributed by atoms with van der Waals surface area (Å²) in [7, 11) is 0. The third kappa shape index (κ3) is 2.21. The van der Waals surface area contributed by atoms with Crippen molar-refractivity contribution in [1.29, 1.82) is 0 Å². The van der Waals surface area contributed by atoms with E-state index < -0.39 is 0 Å². The Bertz CT molecular complexity index is 727. The fourth-order valence-electron chi connectivity index (χ4n) is 2.44. The van der Waals surface area contributed by atoms with Crippen LogP contribution in [0.15, 0.2) is 52.9 Å². The number of aryl methyl sites for hydroxylation is 2. The fraction of sp³-hybridized carbons (Fsp3) is 0.176. The Labute approximate surface area is 121 Å². The van der Waals surface area contributed by atoms with E-state index >= 15 is 0 Å². The second-order valence-corrected chi connectivity index (χ2v) is 5.74. The van der Waals surface area contributed by atoms with Crippen molar-refractivity contribution >= 4 is 26.7 Å². The molecule has 2 heteroatoms. The van der Waals surface area contributed by atoms with Crippen molar-refractivity contribution in [3.8, 4) is 0 Å². The van der Waals surface area contributed by atoms with Gasteiger partial charge in [-0.15, -0.1) is 0 Å². The molecule has 0 amide bonds. The Kier molecular flexibility index (Phi) is 3.19. The molecule has 96 valence electrons. The summed E-state index contributed by atoms with van der Waals surface area (Å²) in [5.74, 6) is 1.89. The monoisotopic (exact) mass is 314 g/mol. The molecule has 0 saturated heterocycles. The summed E-state index contributed by atoms with van der Waals surface area (Å²) in [4.78, 5) is 0.0895. The van der Waals surface area contributed by atoms with Crippen LogP contribution >= 0.6 is 15.9 Å². The van der Waals surface area contributed by atoms with E-state index in [1.54, 1.807) is 0 Å². The largest absolute Gasteiger partial charge is 0.465 e. The van der Waals surface area contributed by atoms with E-state index in [0.29, 0.717) is 0 Å². The number of furan rings is 1. The summed E-state index contributed by atoms with van der Waals surface area (Å²) < 4.78 is 5.73. The number of hydrogen-bond acceptors (Lipinski definition) is 1. The van der Waals surface area contributed by atoms with Gasteiger partial charge in [-0.05, 0) is 47.9 Å². The van der Waals surface area contributed by atoms with E-state index in [2.05, 4.69) is 59.3 Å². The zero-order valence-electron chi connectivity index (χ0n) is 11.0. The average Bonchev–Trinajstić information content (AvgIpc) is 2.86. The lowest BCUT2D eigenvalue weighted by Gasteiger charge is -2.12. The van der Waals surface area contributed by atoms with Crippen LogP contribution in [0.2, 0.25) is 0 Å². The Morgan fingerprint density at radius 2 is 1.63 bits per heavy atom. The minimum absolute atomic E-state index is 0.0895. The second-order valence-electron chi connectivity index (χ2n) is 4.83. The summed E-state index contributed by atoms with van der Waals surface area (Å²) >= 11 is 3.76. The molecule has 0 N–H and O–H groups in total. The molecule has 1 nitrogen and oxygen atoms in total. The Hall–Kier alpha value is -1.54. The molecule has 0 aliphatic heterocycles. The normalized spacial score (nSPS) is 12.8. The molecule has 0 bridgehead atoms. The third-order valence-electron chi connectivity index (χ3n) is 3.46. The maximum Gasteiger partial charge on any atom is 0.122 e. The molecule has 1 unspecified atom stereocenters. The second kappa shape index (κ2) is 4.86. The summed E-state index contributed by atoms with van der Waals surface area (Å²) in [5, 5.41) is 2.58. The lowest BCUT2D eigenvalue weighted by Crippen LogP contribution is -1.93. The topological polar surface area (TPSA) is 13.1 Å². The van der Waals surface area contributed by atoms with Crippen LogP contribution in [0.3, 0.4) is 0 Å². The van der Waals surface area contributed by atoms with Crippen LogP contribution in [-0.2, 0) is 0 Å². The summed E-state index contributed by atoms with van der Waals surface area (Å²) in [6.07, 6.45) is 0. The maximum absolute atomic E-state index is 5.73. The summed E-state index contributed by atoms with van der Waals surface area (Å²) in [6.45, 7) is 4.11. The molecule has 1 atom stereocenters. The molecule has 1 aromatic heterocycles. The van der Waals surface area contributed by atoms with E-state index in [-0.39, 0.29) is 4.83 Å². The fourth-order valence-corrected chi connectivity index (χ4v) is 3.08. The number of halogens is 1. The van der Waals surface area contributed by atoms with Gasteiger partial charge in [-0.1, -0.05) is 52.3 Å². The highest BCUT2D eigenvalue weighted by Gasteiger charge is 2.16. The van der Waals surface area contributed by atoms with Gasteiger partial charge in [0.25, 0.3) is 0 Å². The molecule has 0 radical (unpaired) electrons.